The largest absolute Gasteiger partial charge is 0.496 e. The molecule has 0 fully saturated rings. The second-order valence-electron chi connectivity index (χ2n) is 6.69. The molecule has 0 aromatic heterocycles. The van der Waals surface area contributed by atoms with Crippen LogP contribution in [0.2, 0.25) is 0 Å². The molecule has 1 unspecified atom stereocenters. The predicted octanol–water partition coefficient (Wildman–Crippen LogP) is 5.08. The van der Waals surface area contributed by atoms with Gasteiger partial charge in [0.2, 0.25) is 0 Å². The maximum Gasteiger partial charge on any atom is 0.122 e. The average molecular weight is 268 g/mol. The van der Waals surface area contributed by atoms with E-state index in [9.17, 15) is 0 Å². The van der Waals surface area contributed by atoms with E-state index in [0.29, 0.717) is 5.41 Å². The van der Waals surface area contributed by atoms with Gasteiger partial charge in [0.1, 0.15) is 5.75 Å². The van der Waals surface area contributed by atoms with E-state index >= 15 is 0 Å². The highest BCUT2D eigenvalue weighted by Gasteiger charge is 2.41. The van der Waals surface area contributed by atoms with Crippen LogP contribution in [-0.2, 0) is 6.42 Å². The fourth-order valence-corrected chi connectivity index (χ4v) is 4.03. The first-order valence-electron chi connectivity index (χ1n) is 7.53. The Labute approximate surface area is 122 Å². The molecule has 0 aliphatic heterocycles. The summed E-state index contributed by atoms with van der Waals surface area (Å²) in [6.07, 6.45) is 4.80. The van der Waals surface area contributed by atoms with Crippen LogP contribution in [0, 0.1) is 12.3 Å². The number of hydrogen-bond acceptors (Lipinski definition) is 1. The molecule has 20 heavy (non-hydrogen) atoms. The molecule has 1 nitrogen and oxygen atoms in total. The molecule has 1 atom stereocenters. The van der Waals surface area contributed by atoms with Crippen LogP contribution in [0.1, 0.15) is 49.8 Å². The Hall–Kier alpha value is -1.50. The molecule has 2 aliphatic rings. The Kier molecular flexibility index (Phi) is 3.04. The predicted molar refractivity (Wildman–Crippen MR) is 85.1 cm³/mol. The van der Waals surface area contributed by atoms with Crippen LogP contribution in [0.5, 0.6) is 5.75 Å². The Morgan fingerprint density at radius 1 is 1.25 bits per heavy atom. The lowest BCUT2D eigenvalue weighted by molar-refractivity contribution is 0.373. The summed E-state index contributed by atoms with van der Waals surface area (Å²) < 4.78 is 5.63. The first kappa shape index (κ1) is 13.5. The zero-order chi connectivity index (χ0) is 14.5. The summed E-state index contributed by atoms with van der Waals surface area (Å²) in [7, 11) is 1.78. The van der Waals surface area contributed by atoms with Crippen molar-refractivity contribution in [1.29, 1.82) is 0 Å². The molecular formula is C19H24O. The molecule has 0 amide bonds. The van der Waals surface area contributed by atoms with Gasteiger partial charge >= 0.3 is 0 Å². The van der Waals surface area contributed by atoms with Crippen LogP contribution in [0.25, 0.3) is 5.57 Å². The molecular weight excluding hydrogens is 244 g/mol. The SMILES string of the molecule is C=C(C)C1=C2c3cc(C)cc(OC)c3CCC2(C)CC1. The highest BCUT2D eigenvalue weighted by atomic mass is 16.5. The monoisotopic (exact) mass is 268 g/mol. The molecule has 0 bridgehead atoms. The van der Waals surface area contributed by atoms with Crippen molar-refractivity contribution in [3.05, 3.63) is 46.5 Å². The van der Waals surface area contributed by atoms with Gasteiger partial charge in [0, 0.05) is 5.56 Å². The molecule has 3 rings (SSSR count). The van der Waals surface area contributed by atoms with Crippen LogP contribution in [0.3, 0.4) is 0 Å². The third-order valence-electron chi connectivity index (χ3n) is 5.12. The topological polar surface area (TPSA) is 9.23 Å². The van der Waals surface area contributed by atoms with Gasteiger partial charge in [-0.15, -0.1) is 0 Å². The molecule has 106 valence electrons. The number of ether oxygens (including phenoxy) is 1. The number of hydrogen-bond donors (Lipinski definition) is 0. The number of benzene rings is 1. The standard InChI is InChI=1S/C19H24O/c1-12(2)14-6-8-19(4)9-7-15-16(18(14)19)10-13(3)11-17(15)20-5/h10-11H,1,6-9H2,2-5H3. The minimum absolute atomic E-state index is 0.333. The molecule has 2 aliphatic carbocycles. The molecule has 0 spiro atoms. The number of rotatable bonds is 2. The number of methoxy groups -OCH3 is 1. The van der Waals surface area contributed by atoms with E-state index in [4.69, 9.17) is 4.74 Å². The third kappa shape index (κ3) is 1.83. The van der Waals surface area contributed by atoms with Gasteiger partial charge in [-0.3, -0.25) is 0 Å². The van der Waals surface area contributed by atoms with E-state index in [2.05, 4.69) is 39.5 Å². The minimum atomic E-state index is 0.333. The fraction of sp³-hybridized carbons (Fsp3) is 0.474. The van der Waals surface area contributed by atoms with E-state index in [1.165, 1.54) is 47.1 Å². The summed E-state index contributed by atoms with van der Waals surface area (Å²) in [6, 6.07) is 4.51. The van der Waals surface area contributed by atoms with E-state index in [-0.39, 0.29) is 0 Å². The van der Waals surface area contributed by atoms with Gasteiger partial charge in [0.05, 0.1) is 7.11 Å². The van der Waals surface area contributed by atoms with E-state index < -0.39 is 0 Å². The van der Waals surface area contributed by atoms with Crippen LogP contribution in [0.15, 0.2) is 29.9 Å². The number of aryl methyl sites for hydroxylation is 1. The lowest BCUT2D eigenvalue weighted by Gasteiger charge is -2.35. The average Bonchev–Trinajstić information content (AvgIpc) is 2.75. The van der Waals surface area contributed by atoms with Crippen molar-refractivity contribution in [2.24, 2.45) is 5.41 Å². The fourth-order valence-electron chi connectivity index (χ4n) is 4.03. The van der Waals surface area contributed by atoms with Crippen LogP contribution in [0.4, 0.5) is 0 Å². The Bertz CT molecular complexity index is 621. The summed E-state index contributed by atoms with van der Waals surface area (Å²) in [5.74, 6) is 1.06. The van der Waals surface area contributed by atoms with Crippen molar-refractivity contribution in [2.75, 3.05) is 7.11 Å². The van der Waals surface area contributed by atoms with Crippen LogP contribution >= 0.6 is 0 Å². The molecule has 1 aromatic rings. The molecule has 1 heteroatoms. The van der Waals surface area contributed by atoms with Crippen LogP contribution in [-0.4, -0.2) is 7.11 Å². The second kappa shape index (κ2) is 4.51. The van der Waals surface area contributed by atoms with Crippen LogP contribution < -0.4 is 4.74 Å². The van der Waals surface area contributed by atoms with Crippen molar-refractivity contribution in [2.45, 2.75) is 46.5 Å². The molecule has 0 radical (unpaired) electrons. The normalized spacial score (nSPS) is 24.4. The Morgan fingerprint density at radius 2 is 1.95 bits per heavy atom. The number of allylic oxidation sites excluding steroid dienone is 3. The molecule has 1 aromatic carbocycles. The summed E-state index contributed by atoms with van der Waals surface area (Å²) in [4.78, 5) is 0. The van der Waals surface area contributed by atoms with Crippen molar-refractivity contribution in [3.63, 3.8) is 0 Å². The second-order valence-corrected chi connectivity index (χ2v) is 6.69. The molecule has 0 saturated carbocycles. The zero-order valence-electron chi connectivity index (χ0n) is 13.1. The first-order chi connectivity index (χ1) is 9.46. The highest BCUT2D eigenvalue weighted by molar-refractivity contribution is 5.82. The van der Waals surface area contributed by atoms with Gasteiger partial charge in [-0.2, -0.15) is 0 Å². The highest BCUT2D eigenvalue weighted by Crippen LogP contribution is 2.57. The van der Waals surface area contributed by atoms with Crippen molar-refractivity contribution >= 4 is 5.57 Å². The quantitative estimate of drug-likeness (QED) is 0.726. The smallest absolute Gasteiger partial charge is 0.122 e. The summed E-state index contributed by atoms with van der Waals surface area (Å²) in [5.41, 5.74) is 8.70. The molecule has 0 N–H and O–H groups in total. The van der Waals surface area contributed by atoms with Gasteiger partial charge in [-0.1, -0.05) is 25.1 Å². The van der Waals surface area contributed by atoms with Gasteiger partial charge in [-0.25, -0.2) is 0 Å². The lowest BCUT2D eigenvalue weighted by Crippen LogP contribution is -2.22. The maximum atomic E-state index is 5.63. The Balaban J connectivity index is 2.30. The summed E-state index contributed by atoms with van der Waals surface area (Å²) >= 11 is 0. The van der Waals surface area contributed by atoms with Gasteiger partial charge in [0.15, 0.2) is 0 Å². The van der Waals surface area contributed by atoms with Gasteiger partial charge < -0.3 is 4.74 Å². The number of fused-ring (bicyclic) bond motifs is 3. The van der Waals surface area contributed by atoms with Gasteiger partial charge in [0.25, 0.3) is 0 Å². The minimum Gasteiger partial charge on any atom is -0.496 e. The molecule has 0 heterocycles. The van der Waals surface area contributed by atoms with Crippen molar-refractivity contribution in [1.82, 2.24) is 0 Å². The Morgan fingerprint density at radius 3 is 2.60 bits per heavy atom. The van der Waals surface area contributed by atoms with E-state index in [0.717, 1.165) is 12.2 Å². The van der Waals surface area contributed by atoms with Gasteiger partial charge in [-0.05, 0) is 73.3 Å². The van der Waals surface area contributed by atoms with Crippen molar-refractivity contribution in [3.8, 4) is 5.75 Å². The molecule has 0 saturated heterocycles. The zero-order valence-corrected chi connectivity index (χ0v) is 13.1. The summed E-state index contributed by atoms with van der Waals surface area (Å²) in [6.45, 7) is 10.9. The first-order valence-corrected chi connectivity index (χ1v) is 7.53. The summed E-state index contributed by atoms with van der Waals surface area (Å²) in [5, 5.41) is 0. The third-order valence-corrected chi connectivity index (χ3v) is 5.12. The van der Waals surface area contributed by atoms with E-state index in [1.54, 1.807) is 12.7 Å². The lowest BCUT2D eigenvalue weighted by atomic mass is 9.69. The maximum absolute atomic E-state index is 5.63. The van der Waals surface area contributed by atoms with Crippen molar-refractivity contribution < 1.29 is 4.74 Å². The van der Waals surface area contributed by atoms with E-state index in [1.807, 2.05) is 0 Å².